The molecule has 0 radical (unpaired) electrons. The van der Waals surface area contributed by atoms with Gasteiger partial charge in [0.05, 0.1) is 24.4 Å². The highest BCUT2D eigenvalue weighted by molar-refractivity contribution is 5.76. The summed E-state index contributed by atoms with van der Waals surface area (Å²) < 4.78 is 17.3. The molecule has 0 fully saturated rings. The lowest BCUT2D eigenvalue weighted by molar-refractivity contribution is -0.384. The van der Waals surface area contributed by atoms with E-state index in [9.17, 15) is 24.5 Å². The molecule has 2 heterocycles. The summed E-state index contributed by atoms with van der Waals surface area (Å²) in [6.45, 7) is 2.52. The molecule has 33 heavy (non-hydrogen) atoms. The lowest BCUT2D eigenvalue weighted by Crippen LogP contribution is -2.28. The number of non-ortho nitro benzene ring substituents is 1. The SMILES string of the molecule is CC(=O)OC[C@H](Cn1cnc2c(OCCc3ccc([N+](=O)[O-])cc3)nc(=O)[nH]c21)OC(C)=O. The van der Waals surface area contributed by atoms with Crippen molar-refractivity contribution in [2.24, 2.45) is 0 Å². The number of carbonyl (C=O) groups excluding carboxylic acids is 2. The third kappa shape index (κ3) is 6.35. The van der Waals surface area contributed by atoms with Gasteiger partial charge in [0, 0.05) is 32.4 Å². The van der Waals surface area contributed by atoms with Crippen LogP contribution in [-0.4, -0.2) is 55.7 Å². The van der Waals surface area contributed by atoms with Crippen LogP contribution in [0.1, 0.15) is 19.4 Å². The van der Waals surface area contributed by atoms with E-state index in [2.05, 4.69) is 15.0 Å². The molecule has 0 aliphatic heterocycles. The van der Waals surface area contributed by atoms with Crippen molar-refractivity contribution in [3.8, 4) is 5.88 Å². The fraction of sp³-hybridized carbons (Fsp3) is 0.350. The minimum Gasteiger partial charge on any atom is -0.476 e. The summed E-state index contributed by atoms with van der Waals surface area (Å²) >= 11 is 0. The minimum atomic E-state index is -0.799. The Morgan fingerprint density at radius 1 is 1.21 bits per heavy atom. The number of nitrogens with one attached hydrogen (secondary N) is 1. The number of fused-ring (bicyclic) bond motifs is 1. The van der Waals surface area contributed by atoms with Crippen molar-refractivity contribution >= 4 is 28.8 Å². The van der Waals surface area contributed by atoms with Crippen molar-refractivity contribution in [3.05, 3.63) is 56.8 Å². The molecule has 174 valence electrons. The van der Waals surface area contributed by atoms with Gasteiger partial charge in [-0.1, -0.05) is 12.1 Å². The molecule has 0 bridgehead atoms. The number of benzene rings is 1. The Bertz CT molecular complexity index is 1220. The highest BCUT2D eigenvalue weighted by atomic mass is 16.6. The molecule has 1 atom stereocenters. The zero-order valence-electron chi connectivity index (χ0n) is 17.8. The van der Waals surface area contributed by atoms with E-state index in [1.54, 1.807) is 12.1 Å². The second-order valence-electron chi connectivity index (χ2n) is 7.00. The van der Waals surface area contributed by atoms with Gasteiger partial charge in [0.2, 0.25) is 5.88 Å². The highest BCUT2D eigenvalue weighted by Crippen LogP contribution is 2.20. The van der Waals surface area contributed by atoms with Crippen LogP contribution >= 0.6 is 0 Å². The molecule has 0 aliphatic carbocycles. The largest absolute Gasteiger partial charge is 0.476 e. The molecule has 1 N–H and O–H groups in total. The quantitative estimate of drug-likeness (QED) is 0.264. The van der Waals surface area contributed by atoms with E-state index in [0.29, 0.717) is 12.1 Å². The van der Waals surface area contributed by atoms with Crippen LogP contribution in [0.25, 0.3) is 11.2 Å². The Morgan fingerprint density at radius 2 is 1.94 bits per heavy atom. The van der Waals surface area contributed by atoms with Gasteiger partial charge in [-0.3, -0.25) is 24.7 Å². The second-order valence-corrected chi connectivity index (χ2v) is 7.00. The van der Waals surface area contributed by atoms with Crippen LogP contribution in [0.5, 0.6) is 5.88 Å². The fourth-order valence-electron chi connectivity index (χ4n) is 3.02. The zero-order valence-corrected chi connectivity index (χ0v) is 17.8. The molecule has 1 aromatic carbocycles. The van der Waals surface area contributed by atoms with Crippen molar-refractivity contribution in [2.75, 3.05) is 13.2 Å². The molecular formula is C20H21N5O8. The lowest BCUT2D eigenvalue weighted by Gasteiger charge is -2.17. The lowest BCUT2D eigenvalue weighted by atomic mass is 10.1. The van der Waals surface area contributed by atoms with Crippen LogP contribution in [0.15, 0.2) is 35.4 Å². The summed E-state index contributed by atoms with van der Waals surface area (Å²) in [5, 5.41) is 10.7. The van der Waals surface area contributed by atoms with Crippen molar-refractivity contribution in [3.63, 3.8) is 0 Å². The summed E-state index contributed by atoms with van der Waals surface area (Å²) in [5.74, 6) is -1.07. The number of nitrogens with zero attached hydrogens (tertiary/aromatic N) is 4. The van der Waals surface area contributed by atoms with E-state index >= 15 is 0 Å². The standard InChI is InChI=1S/C20H21N5O8/c1-12(26)32-10-16(33-13(2)27)9-24-11-21-17-18(24)22-20(28)23-19(17)31-8-7-14-3-5-15(6-4-14)25(29)30/h3-6,11,16H,7-10H2,1-2H3,(H,22,23,28)/t16-/m0/s1. The number of ether oxygens (including phenoxy) is 3. The first-order valence-electron chi connectivity index (χ1n) is 9.85. The van der Waals surface area contributed by atoms with E-state index in [0.717, 1.165) is 5.56 Å². The van der Waals surface area contributed by atoms with E-state index in [4.69, 9.17) is 14.2 Å². The third-order valence-corrected chi connectivity index (χ3v) is 4.45. The first-order chi connectivity index (χ1) is 15.7. The van der Waals surface area contributed by atoms with Gasteiger partial charge in [0.1, 0.15) is 12.3 Å². The molecule has 2 aromatic heterocycles. The number of rotatable bonds is 10. The van der Waals surface area contributed by atoms with Crippen molar-refractivity contribution < 1.29 is 28.7 Å². The number of imidazole rings is 1. The number of nitro groups is 1. The first-order valence-corrected chi connectivity index (χ1v) is 9.85. The average Bonchev–Trinajstić information content (AvgIpc) is 3.14. The molecule has 0 saturated carbocycles. The van der Waals surface area contributed by atoms with Gasteiger partial charge < -0.3 is 18.8 Å². The minimum absolute atomic E-state index is 0.0102. The van der Waals surface area contributed by atoms with Gasteiger partial charge in [-0.05, 0) is 5.56 Å². The molecule has 0 saturated heterocycles. The first kappa shape index (κ1) is 23.4. The van der Waals surface area contributed by atoms with Gasteiger partial charge in [-0.15, -0.1) is 0 Å². The van der Waals surface area contributed by atoms with E-state index in [1.165, 1.54) is 36.9 Å². The molecule has 13 nitrogen and oxygen atoms in total. The molecule has 0 amide bonds. The second kappa shape index (κ2) is 10.3. The van der Waals surface area contributed by atoms with Gasteiger partial charge in [0.25, 0.3) is 5.69 Å². The molecule has 3 aromatic rings. The maximum absolute atomic E-state index is 12.1. The Hall–Kier alpha value is -4.29. The van der Waals surface area contributed by atoms with Crippen LogP contribution < -0.4 is 10.4 Å². The van der Waals surface area contributed by atoms with Crippen LogP contribution in [-0.2, 0) is 32.0 Å². The summed E-state index contributed by atoms with van der Waals surface area (Å²) in [6.07, 6.45) is 1.04. The predicted octanol–water partition coefficient (Wildman–Crippen LogP) is 1.14. The summed E-state index contributed by atoms with van der Waals surface area (Å²) in [5.41, 5.74) is 0.706. The number of carbonyl (C=O) groups is 2. The van der Waals surface area contributed by atoms with Crippen LogP contribution in [0.3, 0.4) is 0 Å². The molecule has 0 aliphatic rings. The topological polar surface area (TPSA) is 169 Å². The number of nitro benzene ring substituents is 1. The Balaban J connectivity index is 1.73. The Morgan fingerprint density at radius 3 is 2.58 bits per heavy atom. The third-order valence-electron chi connectivity index (χ3n) is 4.45. The van der Waals surface area contributed by atoms with Gasteiger partial charge >= 0.3 is 17.6 Å². The maximum atomic E-state index is 12.1. The predicted molar refractivity (Wildman–Crippen MR) is 113 cm³/mol. The number of aromatic nitrogens is 4. The number of aromatic amines is 1. The summed E-state index contributed by atoms with van der Waals surface area (Å²) in [6, 6.07) is 6.04. The number of hydrogen-bond acceptors (Lipinski definition) is 10. The zero-order chi connectivity index (χ0) is 24.0. The normalized spacial score (nSPS) is 11.7. The number of H-pyrrole nitrogens is 1. The molecular weight excluding hydrogens is 438 g/mol. The average molecular weight is 459 g/mol. The van der Waals surface area contributed by atoms with Crippen molar-refractivity contribution in [1.82, 2.24) is 19.5 Å². The van der Waals surface area contributed by atoms with Crippen LogP contribution in [0.4, 0.5) is 5.69 Å². The van der Waals surface area contributed by atoms with Gasteiger partial charge in [-0.25, -0.2) is 9.78 Å². The van der Waals surface area contributed by atoms with Crippen molar-refractivity contribution in [1.29, 1.82) is 0 Å². The molecule has 13 heteroatoms. The molecule has 3 rings (SSSR count). The monoisotopic (exact) mass is 459 g/mol. The van der Waals surface area contributed by atoms with Gasteiger partial charge in [0.15, 0.2) is 11.6 Å². The fourth-order valence-corrected chi connectivity index (χ4v) is 3.02. The Kier molecular flexibility index (Phi) is 7.33. The van der Waals surface area contributed by atoms with E-state index < -0.39 is 28.7 Å². The maximum Gasteiger partial charge on any atom is 0.349 e. The van der Waals surface area contributed by atoms with E-state index in [-0.39, 0.29) is 36.8 Å². The van der Waals surface area contributed by atoms with E-state index in [1.807, 2.05) is 0 Å². The summed E-state index contributed by atoms with van der Waals surface area (Å²) in [4.78, 5) is 55.4. The Labute approximate surface area is 186 Å². The van der Waals surface area contributed by atoms with Gasteiger partial charge in [-0.2, -0.15) is 4.98 Å². The summed E-state index contributed by atoms with van der Waals surface area (Å²) in [7, 11) is 0. The smallest absolute Gasteiger partial charge is 0.349 e. The van der Waals surface area contributed by atoms with Crippen LogP contribution in [0, 0.1) is 10.1 Å². The molecule has 0 unspecified atom stereocenters. The number of hydrogen-bond donors (Lipinski definition) is 1. The highest BCUT2D eigenvalue weighted by Gasteiger charge is 2.19. The number of esters is 2. The van der Waals surface area contributed by atoms with Crippen molar-refractivity contribution in [2.45, 2.75) is 32.9 Å². The van der Waals surface area contributed by atoms with Crippen LogP contribution in [0.2, 0.25) is 0 Å². The molecule has 0 spiro atoms.